The largest absolute Gasteiger partial charge is 0.756 e. The first-order valence-electron chi connectivity index (χ1n) is 25.4. The van der Waals surface area contributed by atoms with Gasteiger partial charge in [-0.2, -0.15) is 0 Å². The van der Waals surface area contributed by atoms with E-state index in [-0.39, 0.29) is 25.8 Å². The summed E-state index contributed by atoms with van der Waals surface area (Å²) in [6.07, 6.45) is 55.6. The summed E-state index contributed by atoms with van der Waals surface area (Å²) in [6, 6.07) is 0. The van der Waals surface area contributed by atoms with Crippen LogP contribution in [-0.2, 0) is 27.9 Å². The van der Waals surface area contributed by atoms with E-state index in [4.69, 9.17) is 18.5 Å². The Labute approximate surface area is 378 Å². The molecule has 2 atom stereocenters. The number of esters is 1. The molecule has 0 saturated carbocycles. The summed E-state index contributed by atoms with van der Waals surface area (Å²) in [5, 5.41) is 0. The average molecular weight is 880 g/mol. The number of hydrogen-bond acceptors (Lipinski definition) is 7. The molecule has 0 aliphatic heterocycles. The summed E-state index contributed by atoms with van der Waals surface area (Å²) >= 11 is 0. The minimum Gasteiger partial charge on any atom is -0.756 e. The van der Waals surface area contributed by atoms with Gasteiger partial charge in [0.25, 0.3) is 7.82 Å². The van der Waals surface area contributed by atoms with Crippen LogP contribution in [0.1, 0.15) is 219 Å². The summed E-state index contributed by atoms with van der Waals surface area (Å²) in [4.78, 5) is 25.1. The zero-order valence-corrected chi connectivity index (χ0v) is 41.5. The van der Waals surface area contributed by atoms with Gasteiger partial charge < -0.3 is 27.9 Å². The van der Waals surface area contributed by atoms with Crippen LogP contribution in [0.3, 0.4) is 0 Å². The van der Waals surface area contributed by atoms with Crippen molar-refractivity contribution in [1.29, 1.82) is 0 Å². The van der Waals surface area contributed by atoms with E-state index >= 15 is 0 Å². The maximum Gasteiger partial charge on any atom is 0.306 e. The lowest BCUT2D eigenvalue weighted by Gasteiger charge is -2.28. The number of phosphoric ester groups is 1. The molecule has 0 spiro atoms. The molecule has 0 aromatic heterocycles. The number of phosphoric acid groups is 1. The fourth-order valence-electron chi connectivity index (χ4n) is 6.97. The minimum atomic E-state index is -4.53. The number of nitrogens with zero attached hydrogens (tertiary/aromatic N) is 1. The molecule has 0 heterocycles. The van der Waals surface area contributed by atoms with E-state index in [9.17, 15) is 14.3 Å². The summed E-state index contributed by atoms with van der Waals surface area (Å²) in [5.41, 5.74) is 0. The molecule has 61 heavy (non-hydrogen) atoms. The van der Waals surface area contributed by atoms with Gasteiger partial charge in [-0.25, -0.2) is 0 Å². The van der Waals surface area contributed by atoms with Gasteiger partial charge in [0.2, 0.25) is 0 Å². The molecule has 0 amide bonds. The first-order valence-corrected chi connectivity index (χ1v) is 26.8. The van der Waals surface area contributed by atoms with Gasteiger partial charge in [-0.05, 0) is 70.6 Å². The monoisotopic (exact) mass is 880 g/mol. The molecule has 0 radical (unpaired) electrons. The molecule has 0 aliphatic rings. The van der Waals surface area contributed by atoms with Crippen LogP contribution in [0.5, 0.6) is 0 Å². The molecule has 8 nitrogen and oxygen atoms in total. The highest BCUT2D eigenvalue weighted by molar-refractivity contribution is 7.45. The van der Waals surface area contributed by atoms with Crippen molar-refractivity contribution in [3.05, 3.63) is 48.6 Å². The molecule has 0 aromatic rings. The zero-order valence-electron chi connectivity index (χ0n) is 40.6. The van der Waals surface area contributed by atoms with Crippen molar-refractivity contribution < 1.29 is 37.3 Å². The number of allylic oxidation sites excluding steroid dienone is 8. The van der Waals surface area contributed by atoms with Gasteiger partial charge in [0.1, 0.15) is 19.3 Å². The van der Waals surface area contributed by atoms with Crippen molar-refractivity contribution in [3.8, 4) is 0 Å². The number of rotatable bonds is 47. The van der Waals surface area contributed by atoms with Gasteiger partial charge in [0.15, 0.2) is 0 Å². The van der Waals surface area contributed by atoms with E-state index in [2.05, 4.69) is 62.5 Å². The first-order chi connectivity index (χ1) is 29.6. The van der Waals surface area contributed by atoms with Gasteiger partial charge in [0.05, 0.1) is 34.4 Å². The lowest BCUT2D eigenvalue weighted by atomic mass is 10.1. The third kappa shape index (κ3) is 49.3. The summed E-state index contributed by atoms with van der Waals surface area (Å²) < 4.78 is 34.7. The molecule has 0 N–H and O–H groups in total. The SMILES string of the molecule is CC/C=C\C/C=C\C/C=C\CCCCCCCCCC(=O)OC(COCCCCCCCCCCCC/C=C\CCCCCCCCCC)COP(=O)([O-])OCC[N+](C)(C)C. The normalized spacial score (nSPS) is 14.0. The van der Waals surface area contributed by atoms with E-state index < -0.39 is 13.9 Å². The highest BCUT2D eigenvalue weighted by atomic mass is 31.2. The maximum atomic E-state index is 12.7. The van der Waals surface area contributed by atoms with E-state index in [0.29, 0.717) is 24.1 Å². The standard InChI is InChI=1S/C52H98NO7P/c1-6-8-10-12-14-16-18-20-22-24-25-26-27-28-30-32-34-36-38-40-42-44-47-57-49-51(50-59-61(55,56)58-48-46-53(3,4)5)60-52(54)45-43-41-39-37-35-33-31-29-23-21-19-17-15-13-11-9-7-2/h9,11,15,17,21,23-25,51H,6-8,10,12-14,16,18-20,22,26-50H2,1-5H3/b11-9-,17-15-,23-21-,25-24-. The van der Waals surface area contributed by atoms with Crippen LogP contribution >= 0.6 is 7.82 Å². The number of quaternary nitrogens is 1. The molecule has 0 rings (SSSR count). The number of carbonyl (C=O) groups excluding carboxylic acids is 1. The Balaban J connectivity index is 4.14. The van der Waals surface area contributed by atoms with E-state index in [1.807, 2.05) is 21.1 Å². The minimum absolute atomic E-state index is 0.0229. The maximum absolute atomic E-state index is 12.7. The fourth-order valence-corrected chi connectivity index (χ4v) is 7.70. The van der Waals surface area contributed by atoms with E-state index in [0.717, 1.165) is 57.8 Å². The summed E-state index contributed by atoms with van der Waals surface area (Å²) in [6.45, 7) is 5.31. The van der Waals surface area contributed by atoms with Crippen LogP contribution < -0.4 is 4.89 Å². The van der Waals surface area contributed by atoms with Gasteiger partial charge in [0, 0.05) is 13.0 Å². The molecule has 2 unspecified atom stereocenters. The second-order valence-corrected chi connectivity index (χ2v) is 19.6. The molecule has 0 saturated heterocycles. The van der Waals surface area contributed by atoms with Crippen molar-refractivity contribution in [2.75, 3.05) is 54.1 Å². The van der Waals surface area contributed by atoms with Crippen molar-refractivity contribution in [1.82, 2.24) is 0 Å². The second kappa shape index (κ2) is 45.0. The summed E-state index contributed by atoms with van der Waals surface area (Å²) in [7, 11) is 1.35. The van der Waals surface area contributed by atoms with Crippen LogP contribution in [0.2, 0.25) is 0 Å². The first kappa shape index (κ1) is 59.5. The number of unbranched alkanes of at least 4 members (excludes halogenated alkanes) is 25. The highest BCUT2D eigenvalue weighted by Crippen LogP contribution is 2.38. The van der Waals surface area contributed by atoms with Crippen LogP contribution in [-0.4, -0.2) is 70.7 Å². The average Bonchev–Trinajstić information content (AvgIpc) is 3.22. The number of ether oxygens (including phenoxy) is 2. The Morgan fingerprint density at radius 2 is 0.951 bits per heavy atom. The molecule has 0 fully saturated rings. The van der Waals surface area contributed by atoms with Crippen molar-refractivity contribution in [2.45, 2.75) is 225 Å². The zero-order chi connectivity index (χ0) is 44.8. The smallest absolute Gasteiger partial charge is 0.306 e. The topological polar surface area (TPSA) is 94.1 Å². The number of carbonyl (C=O) groups is 1. The Hall–Kier alpha value is -1.54. The van der Waals surface area contributed by atoms with Crippen LogP contribution in [0.15, 0.2) is 48.6 Å². The lowest BCUT2D eigenvalue weighted by Crippen LogP contribution is -2.37. The molecule has 0 bridgehead atoms. The molecule has 0 aromatic carbocycles. The molecular weight excluding hydrogens is 782 g/mol. The predicted molar refractivity (Wildman–Crippen MR) is 259 cm³/mol. The molecular formula is C52H98NO7P. The predicted octanol–water partition coefficient (Wildman–Crippen LogP) is 14.9. The number of hydrogen-bond donors (Lipinski definition) is 0. The van der Waals surface area contributed by atoms with Crippen molar-refractivity contribution in [3.63, 3.8) is 0 Å². The Bertz CT molecular complexity index is 1120. The van der Waals surface area contributed by atoms with Gasteiger partial charge in [-0.15, -0.1) is 0 Å². The van der Waals surface area contributed by atoms with Crippen LogP contribution in [0.25, 0.3) is 0 Å². The van der Waals surface area contributed by atoms with E-state index in [1.165, 1.54) is 141 Å². The molecule has 9 heteroatoms. The molecule has 358 valence electrons. The van der Waals surface area contributed by atoms with Crippen molar-refractivity contribution >= 4 is 13.8 Å². The highest BCUT2D eigenvalue weighted by Gasteiger charge is 2.20. The summed E-state index contributed by atoms with van der Waals surface area (Å²) in [5.74, 6) is -0.343. The third-order valence-electron chi connectivity index (χ3n) is 10.9. The van der Waals surface area contributed by atoms with E-state index in [1.54, 1.807) is 0 Å². The Morgan fingerprint density at radius 1 is 0.525 bits per heavy atom. The third-order valence-corrected chi connectivity index (χ3v) is 11.8. The number of likely N-dealkylation sites (N-methyl/N-ethyl adjacent to an activating group) is 1. The molecule has 0 aliphatic carbocycles. The fraction of sp³-hybridized carbons (Fsp3) is 0.827. The van der Waals surface area contributed by atoms with Crippen molar-refractivity contribution in [2.24, 2.45) is 0 Å². The Kier molecular flexibility index (Phi) is 43.9. The quantitative estimate of drug-likeness (QED) is 0.0198. The van der Waals surface area contributed by atoms with Gasteiger partial charge in [-0.1, -0.05) is 191 Å². The van der Waals surface area contributed by atoms with Crippen LogP contribution in [0.4, 0.5) is 0 Å². The lowest BCUT2D eigenvalue weighted by molar-refractivity contribution is -0.870. The van der Waals surface area contributed by atoms with Crippen LogP contribution in [0, 0.1) is 0 Å². The van der Waals surface area contributed by atoms with Gasteiger partial charge in [-0.3, -0.25) is 9.36 Å². The Morgan fingerprint density at radius 3 is 1.44 bits per heavy atom. The van der Waals surface area contributed by atoms with Gasteiger partial charge >= 0.3 is 5.97 Å². The second-order valence-electron chi connectivity index (χ2n) is 18.1.